The van der Waals surface area contributed by atoms with E-state index < -0.39 is 5.97 Å². The lowest BCUT2D eigenvalue weighted by atomic mass is 10.1. The third-order valence-corrected chi connectivity index (χ3v) is 3.31. The first kappa shape index (κ1) is 14.3. The van der Waals surface area contributed by atoms with Crippen LogP contribution in [0.5, 0.6) is 0 Å². The Morgan fingerprint density at radius 3 is 2.85 bits per heavy atom. The van der Waals surface area contributed by atoms with Crippen LogP contribution < -0.4 is 0 Å². The topological polar surface area (TPSA) is 61.2 Å². The average molecular weight is 293 g/mol. The first-order valence-corrected chi connectivity index (χ1v) is 6.30. The van der Waals surface area contributed by atoms with Gasteiger partial charge >= 0.3 is 5.97 Å². The minimum atomic E-state index is -0.456. The van der Waals surface area contributed by atoms with Crippen molar-refractivity contribution in [1.82, 2.24) is 9.78 Å². The largest absolute Gasteiger partial charge is 0.465 e. The molecule has 1 aromatic heterocycles. The van der Waals surface area contributed by atoms with Gasteiger partial charge in [-0.3, -0.25) is 9.48 Å². The zero-order valence-electron chi connectivity index (χ0n) is 11.1. The maximum Gasteiger partial charge on any atom is 0.338 e. The lowest BCUT2D eigenvalue weighted by molar-refractivity contribution is 0.0599. The SMILES string of the molecule is COC(=O)c1cccc(Cl)c1Cn1nc(C=O)cc1C. The molecule has 0 saturated carbocycles. The number of methoxy groups -OCH3 is 1. The fourth-order valence-corrected chi connectivity index (χ4v) is 2.16. The van der Waals surface area contributed by atoms with E-state index in [1.54, 1.807) is 28.9 Å². The van der Waals surface area contributed by atoms with Crippen LogP contribution in [0.25, 0.3) is 0 Å². The highest BCUT2D eigenvalue weighted by atomic mass is 35.5. The van der Waals surface area contributed by atoms with E-state index in [4.69, 9.17) is 16.3 Å². The summed E-state index contributed by atoms with van der Waals surface area (Å²) in [6.45, 7) is 2.12. The molecule has 104 valence electrons. The molecule has 0 bridgehead atoms. The van der Waals surface area contributed by atoms with Crippen molar-refractivity contribution >= 4 is 23.9 Å². The number of carbonyl (C=O) groups excluding carboxylic acids is 2. The lowest BCUT2D eigenvalue weighted by Crippen LogP contribution is -2.11. The van der Waals surface area contributed by atoms with E-state index in [0.29, 0.717) is 34.7 Å². The van der Waals surface area contributed by atoms with Gasteiger partial charge in [-0.15, -0.1) is 0 Å². The van der Waals surface area contributed by atoms with Crippen molar-refractivity contribution in [2.75, 3.05) is 7.11 Å². The number of halogens is 1. The van der Waals surface area contributed by atoms with Crippen LogP contribution in [0, 0.1) is 6.92 Å². The molecule has 2 aromatic rings. The molecule has 1 heterocycles. The van der Waals surface area contributed by atoms with E-state index in [1.165, 1.54) is 7.11 Å². The molecule has 0 atom stereocenters. The Morgan fingerprint density at radius 2 is 2.25 bits per heavy atom. The van der Waals surface area contributed by atoms with Crippen LogP contribution in [0.4, 0.5) is 0 Å². The molecule has 0 N–H and O–H groups in total. The fraction of sp³-hybridized carbons (Fsp3) is 0.214. The predicted molar refractivity (Wildman–Crippen MR) is 74.2 cm³/mol. The van der Waals surface area contributed by atoms with Crippen molar-refractivity contribution in [2.45, 2.75) is 13.5 Å². The zero-order chi connectivity index (χ0) is 14.7. The molecule has 0 aliphatic carbocycles. The molecule has 0 amide bonds. The van der Waals surface area contributed by atoms with Crippen LogP contribution in [0.2, 0.25) is 5.02 Å². The number of esters is 1. The molecular formula is C14H13ClN2O3. The summed E-state index contributed by atoms with van der Waals surface area (Å²) < 4.78 is 6.37. The van der Waals surface area contributed by atoms with E-state index in [2.05, 4.69) is 5.10 Å². The number of aromatic nitrogens is 2. The van der Waals surface area contributed by atoms with Gasteiger partial charge in [0, 0.05) is 16.3 Å². The van der Waals surface area contributed by atoms with Gasteiger partial charge in [0.1, 0.15) is 5.69 Å². The Morgan fingerprint density at radius 1 is 1.50 bits per heavy atom. The Hall–Kier alpha value is -2.14. The number of hydrogen-bond acceptors (Lipinski definition) is 4. The Labute approximate surface area is 121 Å². The van der Waals surface area contributed by atoms with Crippen LogP contribution in [0.1, 0.15) is 32.1 Å². The van der Waals surface area contributed by atoms with Crippen molar-refractivity contribution in [3.05, 3.63) is 51.8 Å². The fourth-order valence-electron chi connectivity index (χ4n) is 1.92. The summed E-state index contributed by atoms with van der Waals surface area (Å²) >= 11 is 6.15. The first-order chi connectivity index (χ1) is 9.56. The van der Waals surface area contributed by atoms with E-state index in [1.807, 2.05) is 6.92 Å². The van der Waals surface area contributed by atoms with E-state index in [9.17, 15) is 9.59 Å². The quantitative estimate of drug-likeness (QED) is 0.641. The summed E-state index contributed by atoms with van der Waals surface area (Å²) in [6.07, 6.45) is 0.678. The summed E-state index contributed by atoms with van der Waals surface area (Å²) in [5.74, 6) is -0.456. The smallest absolute Gasteiger partial charge is 0.338 e. The molecule has 0 aliphatic rings. The molecular weight excluding hydrogens is 280 g/mol. The number of nitrogens with zero attached hydrogens (tertiary/aromatic N) is 2. The van der Waals surface area contributed by atoms with Gasteiger partial charge in [-0.1, -0.05) is 17.7 Å². The highest BCUT2D eigenvalue weighted by Gasteiger charge is 2.16. The number of rotatable bonds is 4. The first-order valence-electron chi connectivity index (χ1n) is 5.92. The summed E-state index contributed by atoms with van der Waals surface area (Å²) in [5.41, 5.74) is 2.16. The molecule has 6 heteroatoms. The number of ether oxygens (including phenoxy) is 1. The monoisotopic (exact) mass is 292 g/mol. The maximum atomic E-state index is 11.8. The molecule has 5 nitrogen and oxygen atoms in total. The number of aryl methyl sites for hydroxylation is 1. The van der Waals surface area contributed by atoms with E-state index in [0.717, 1.165) is 5.69 Å². The van der Waals surface area contributed by atoms with Gasteiger partial charge in [0.2, 0.25) is 0 Å². The predicted octanol–water partition coefficient (Wildman–Crippen LogP) is 2.49. The third-order valence-electron chi connectivity index (χ3n) is 2.95. The van der Waals surface area contributed by atoms with Crippen LogP contribution in [-0.4, -0.2) is 29.1 Å². The molecule has 20 heavy (non-hydrogen) atoms. The van der Waals surface area contributed by atoms with E-state index in [-0.39, 0.29) is 0 Å². The number of aldehydes is 1. The van der Waals surface area contributed by atoms with Gasteiger partial charge in [-0.25, -0.2) is 4.79 Å². The van der Waals surface area contributed by atoms with Gasteiger partial charge in [-0.05, 0) is 25.1 Å². The number of benzene rings is 1. The summed E-state index contributed by atoms with van der Waals surface area (Å²) in [4.78, 5) is 22.5. The van der Waals surface area contributed by atoms with Crippen molar-refractivity contribution in [2.24, 2.45) is 0 Å². The molecule has 0 spiro atoms. The van der Waals surface area contributed by atoms with Crippen molar-refractivity contribution < 1.29 is 14.3 Å². The molecule has 1 aromatic carbocycles. The maximum absolute atomic E-state index is 11.8. The molecule has 0 unspecified atom stereocenters. The van der Waals surface area contributed by atoms with E-state index >= 15 is 0 Å². The lowest BCUT2D eigenvalue weighted by Gasteiger charge is -2.11. The second-order valence-corrected chi connectivity index (χ2v) is 4.65. The Kier molecular flexibility index (Phi) is 4.20. The van der Waals surface area contributed by atoms with Crippen molar-refractivity contribution in [3.63, 3.8) is 0 Å². The molecule has 2 rings (SSSR count). The molecule has 0 radical (unpaired) electrons. The Bertz CT molecular complexity index is 664. The van der Waals surface area contributed by atoms with Gasteiger partial charge < -0.3 is 4.74 Å². The second-order valence-electron chi connectivity index (χ2n) is 4.24. The normalized spacial score (nSPS) is 10.3. The average Bonchev–Trinajstić information content (AvgIpc) is 2.80. The van der Waals surface area contributed by atoms with Crippen LogP contribution >= 0.6 is 11.6 Å². The third kappa shape index (κ3) is 2.72. The second kappa shape index (κ2) is 5.88. The summed E-state index contributed by atoms with van der Waals surface area (Å²) in [7, 11) is 1.32. The molecule has 0 fully saturated rings. The molecule has 0 aliphatic heterocycles. The number of carbonyl (C=O) groups is 2. The van der Waals surface area contributed by atoms with Crippen LogP contribution in [0.15, 0.2) is 24.3 Å². The zero-order valence-corrected chi connectivity index (χ0v) is 11.8. The highest BCUT2D eigenvalue weighted by molar-refractivity contribution is 6.31. The van der Waals surface area contributed by atoms with Crippen LogP contribution in [-0.2, 0) is 11.3 Å². The summed E-state index contributed by atoms with van der Waals surface area (Å²) in [6, 6.07) is 6.70. The standard InChI is InChI=1S/C14H13ClN2O3/c1-9-6-10(8-18)16-17(9)7-12-11(14(19)20-2)4-3-5-13(12)15/h3-6,8H,7H2,1-2H3. The van der Waals surface area contributed by atoms with Gasteiger partial charge in [0.05, 0.1) is 19.2 Å². The number of hydrogen-bond donors (Lipinski definition) is 0. The van der Waals surface area contributed by atoms with Crippen LogP contribution in [0.3, 0.4) is 0 Å². The molecule has 0 saturated heterocycles. The van der Waals surface area contributed by atoms with Gasteiger partial charge in [-0.2, -0.15) is 5.10 Å². The van der Waals surface area contributed by atoms with Crippen molar-refractivity contribution in [3.8, 4) is 0 Å². The Balaban J connectivity index is 2.44. The van der Waals surface area contributed by atoms with Gasteiger partial charge in [0.25, 0.3) is 0 Å². The van der Waals surface area contributed by atoms with Gasteiger partial charge in [0.15, 0.2) is 6.29 Å². The minimum Gasteiger partial charge on any atom is -0.465 e. The highest BCUT2D eigenvalue weighted by Crippen LogP contribution is 2.22. The summed E-state index contributed by atoms with van der Waals surface area (Å²) in [5, 5.41) is 4.58. The van der Waals surface area contributed by atoms with Crippen molar-refractivity contribution in [1.29, 1.82) is 0 Å². The minimum absolute atomic E-state index is 0.295.